The molecule has 3 N–H and O–H groups in total. The number of H-pyrrole nitrogens is 1. The van der Waals surface area contributed by atoms with E-state index >= 15 is 0 Å². The summed E-state index contributed by atoms with van der Waals surface area (Å²) in [5.41, 5.74) is 2.52. The first kappa shape index (κ1) is 29.3. The number of likely N-dealkylation sites (tertiary alicyclic amines) is 1. The summed E-state index contributed by atoms with van der Waals surface area (Å²) in [6, 6.07) is 11.8. The van der Waals surface area contributed by atoms with E-state index in [1.165, 1.54) is 6.92 Å². The first-order valence-corrected chi connectivity index (χ1v) is 16.8. The summed E-state index contributed by atoms with van der Waals surface area (Å²) in [4.78, 5) is 69.0. The van der Waals surface area contributed by atoms with Crippen LogP contribution in [0.1, 0.15) is 35.3 Å². The Kier molecular flexibility index (Phi) is 7.25. The van der Waals surface area contributed by atoms with E-state index in [0.717, 1.165) is 41.7 Å². The second-order valence-corrected chi connectivity index (χ2v) is 15.0. The maximum Gasteiger partial charge on any atom is 0.326 e. The molecule has 2 aromatic carbocycles. The summed E-state index contributed by atoms with van der Waals surface area (Å²) in [5.74, 6) is -3.82. The highest BCUT2D eigenvalue weighted by Crippen LogP contribution is 2.69. The van der Waals surface area contributed by atoms with Crippen LogP contribution in [0.5, 0.6) is 5.75 Å². The van der Waals surface area contributed by atoms with E-state index < -0.39 is 35.7 Å². The molecule has 0 spiro atoms. The second-order valence-electron chi connectivity index (χ2n) is 11.9. The van der Waals surface area contributed by atoms with Crippen molar-refractivity contribution in [3.05, 3.63) is 72.6 Å². The molecule has 3 aromatic rings. The molecule has 2 aliphatic heterocycles. The number of carbonyl (C=O) groups is 4. The number of carboxylic acids is 1. The van der Waals surface area contributed by atoms with Crippen LogP contribution in [-0.2, 0) is 19.2 Å². The number of anilines is 1. The number of halogens is 1. The van der Waals surface area contributed by atoms with Crippen LogP contribution >= 0.6 is 39.0 Å². The quantitative estimate of drug-likeness (QED) is 0.307. The fourth-order valence-corrected chi connectivity index (χ4v) is 11.0. The molecule has 10 nitrogen and oxygen atoms in total. The predicted molar refractivity (Wildman–Crippen MR) is 167 cm³/mol. The van der Waals surface area contributed by atoms with Gasteiger partial charge in [-0.05, 0) is 68.4 Å². The van der Waals surface area contributed by atoms with E-state index in [9.17, 15) is 29.1 Å². The Balaban J connectivity index is 1.23. The van der Waals surface area contributed by atoms with Crippen molar-refractivity contribution in [1.82, 2.24) is 9.88 Å². The van der Waals surface area contributed by atoms with Gasteiger partial charge >= 0.3 is 10.8 Å². The van der Waals surface area contributed by atoms with Crippen molar-refractivity contribution in [3.63, 3.8) is 0 Å². The maximum atomic E-state index is 13.7. The van der Waals surface area contributed by atoms with Crippen molar-refractivity contribution in [2.45, 2.75) is 42.5 Å². The van der Waals surface area contributed by atoms with Gasteiger partial charge in [0.25, 0.3) is 5.91 Å². The van der Waals surface area contributed by atoms with Crippen LogP contribution in [0.15, 0.2) is 56.8 Å². The number of benzene rings is 2. The first-order chi connectivity index (χ1) is 21.0. The molecule has 3 amide bonds. The molecule has 44 heavy (non-hydrogen) atoms. The minimum Gasteiger partial charge on any atom is -0.483 e. The summed E-state index contributed by atoms with van der Waals surface area (Å²) in [7, 11) is 0. The van der Waals surface area contributed by atoms with Crippen LogP contribution in [0.25, 0.3) is 0 Å². The van der Waals surface area contributed by atoms with Gasteiger partial charge < -0.3 is 20.1 Å². The zero-order valence-corrected chi connectivity index (χ0v) is 26.8. The first-order valence-electron chi connectivity index (χ1n) is 14.3. The molecule has 2 bridgehead atoms. The van der Waals surface area contributed by atoms with E-state index in [0.29, 0.717) is 17.9 Å². The normalized spacial score (nSPS) is 28.8. The number of carboxylic acid groups (broad SMARTS) is 1. The highest BCUT2D eigenvalue weighted by atomic mass is 79.9. The molecule has 1 saturated heterocycles. The third-order valence-corrected chi connectivity index (χ3v) is 12.6. The number of thiazole rings is 1. The maximum absolute atomic E-state index is 13.7. The van der Waals surface area contributed by atoms with Gasteiger partial charge in [0, 0.05) is 31.8 Å². The Morgan fingerprint density at radius 3 is 2.52 bits per heavy atom. The van der Waals surface area contributed by atoms with E-state index in [-0.39, 0.29) is 46.3 Å². The average molecular weight is 699 g/mol. The van der Waals surface area contributed by atoms with Crippen molar-refractivity contribution in [1.29, 1.82) is 0 Å². The lowest BCUT2D eigenvalue weighted by atomic mass is 9.68. The zero-order chi connectivity index (χ0) is 31.0. The monoisotopic (exact) mass is 697 g/mol. The fraction of sp³-hybridized carbons (Fsp3) is 0.387. The van der Waals surface area contributed by atoms with Crippen molar-refractivity contribution in [2.75, 3.05) is 11.9 Å². The molecule has 3 fully saturated rings. The molecular weight excluding hydrogens is 670 g/mol. The molecule has 4 aliphatic rings. The molecule has 3 heterocycles. The van der Waals surface area contributed by atoms with Crippen LogP contribution in [0.3, 0.4) is 0 Å². The number of aryl methyl sites for hydroxylation is 1. The van der Waals surface area contributed by atoms with Gasteiger partial charge in [-0.3, -0.25) is 24.1 Å². The lowest BCUT2D eigenvalue weighted by molar-refractivity contribution is -0.154. The van der Waals surface area contributed by atoms with Gasteiger partial charge in [-0.1, -0.05) is 45.0 Å². The smallest absolute Gasteiger partial charge is 0.326 e. The number of ether oxygens (including phenoxy) is 1. The number of thioether (sulfide) groups is 1. The molecule has 8 atom stereocenters. The standard InChI is InChI=1S/C31H28BrN3O7S2/c1-12-3-6-15(7-4-12)33-20(36)11-42-19-8-5-14(32)9-16(19)21-22-17-10-18(25(22)43-27-26(21)44-31(41)34-27)24-23(17)28(37)35(29(24)38)13(2)30(39)40/h3-9,13,17-18,21-25H,10-11H2,1-2H3,(H,33,36)(H,34,41)(H,39,40)/t13?,17?,18?,21-,22?,23?,24?,25?/m1/s1. The number of hydrogen-bond donors (Lipinski definition) is 3. The van der Waals surface area contributed by atoms with Gasteiger partial charge in [0.1, 0.15) is 11.8 Å². The number of nitrogens with one attached hydrogen (secondary N) is 2. The molecule has 0 radical (unpaired) electrons. The number of rotatable bonds is 7. The molecule has 7 unspecified atom stereocenters. The molecule has 7 rings (SSSR count). The van der Waals surface area contributed by atoms with Crippen molar-refractivity contribution >= 4 is 68.4 Å². The van der Waals surface area contributed by atoms with Gasteiger partial charge in [-0.2, -0.15) is 0 Å². The van der Waals surface area contributed by atoms with E-state index in [2.05, 4.69) is 26.2 Å². The van der Waals surface area contributed by atoms with Gasteiger partial charge in [0.15, 0.2) is 6.61 Å². The third-order valence-electron chi connectivity index (χ3n) is 9.50. The molecular formula is C31H28BrN3O7S2. The number of aromatic amines is 1. The number of carbonyl (C=O) groups excluding carboxylic acids is 3. The van der Waals surface area contributed by atoms with Crippen LogP contribution in [-0.4, -0.2) is 56.6 Å². The number of hydrogen-bond acceptors (Lipinski definition) is 8. The Hall–Kier alpha value is -3.42. The summed E-state index contributed by atoms with van der Waals surface area (Å²) in [5, 5.41) is 13.1. The van der Waals surface area contributed by atoms with Crippen LogP contribution in [0.4, 0.5) is 5.69 Å². The molecule has 1 aromatic heterocycles. The summed E-state index contributed by atoms with van der Waals surface area (Å²) >= 11 is 6.26. The van der Waals surface area contributed by atoms with Gasteiger partial charge in [0.2, 0.25) is 11.8 Å². The van der Waals surface area contributed by atoms with Crippen LogP contribution in [0, 0.1) is 36.5 Å². The van der Waals surface area contributed by atoms with Crippen molar-refractivity contribution < 1.29 is 29.0 Å². The summed E-state index contributed by atoms with van der Waals surface area (Å²) < 4.78 is 6.92. The van der Waals surface area contributed by atoms with E-state index in [1.54, 1.807) is 17.8 Å². The van der Waals surface area contributed by atoms with Crippen molar-refractivity contribution in [3.8, 4) is 5.75 Å². The number of aromatic nitrogens is 1. The van der Waals surface area contributed by atoms with Gasteiger partial charge in [0.05, 0.1) is 16.9 Å². The molecule has 228 valence electrons. The Bertz CT molecular complexity index is 1770. The van der Waals surface area contributed by atoms with Gasteiger partial charge in [-0.15, -0.1) is 11.8 Å². The van der Waals surface area contributed by atoms with Gasteiger partial charge in [-0.25, -0.2) is 4.79 Å². The zero-order valence-electron chi connectivity index (χ0n) is 23.6. The second kappa shape index (κ2) is 10.9. The topological polar surface area (TPSA) is 146 Å². The number of aliphatic carboxylic acids is 1. The Morgan fingerprint density at radius 2 is 1.82 bits per heavy atom. The summed E-state index contributed by atoms with van der Waals surface area (Å²) in [6.45, 7) is 3.10. The highest BCUT2D eigenvalue weighted by molar-refractivity contribution is 9.10. The molecule has 2 aliphatic carbocycles. The van der Waals surface area contributed by atoms with E-state index in [1.807, 2.05) is 43.3 Å². The lowest BCUT2D eigenvalue weighted by Gasteiger charge is -2.43. The average Bonchev–Trinajstić information content (AvgIpc) is 3.72. The van der Waals surface area contributed by atoms with Crippen LogP contribution in [0.2, 0.25) is 0 Å². The number of imide groups is 1. The van der Waals surface area contributed by atoms with E-state index in [4.69, 9.17) is 4.74 Å². The largest absolute Gasteiger partial charge is 0.483 e. The minimum atomic E-state index is -1.24. The molecule has 13 heteroatoms. The highest BCUT2D eigenvalue weighted by Gasteiger charge is 2.70. The number of amides is 3. The summed E-state index contributed by atoms with van der Waals surface area (Å²) in [6.07, 6.45) is 0.670. The van der Waals surface area contributed by atoms with Crippen molar-refractivity contribution in [2.24, 2.45) is 29.6 Å². The fourth-order valence-electron chi connectivity index (χ4n) is 7.75. The number of fused-ring (bicyclic) bond motifs is 9. The van der Waals surface area contributed by atoms with Crippen LogP contribution < -0.4 is 14.9 Å². The predicted octanol–water partition coefficient (Wildman–Crippen LogP) is 4.47. The Labute approximate surface area is 268 Å². The lowest BCUT2D eigenvalue weighted by Crippen LogP contribution is -2.44. The minimum absolute atomic E-state index is 0.0718. The number of nitrogens with zero attached hydrogens (tertiary/aromatic N) is 1. The Morgan fingerprint density at radius 1 is 1.11 bits per heavy atom. The third kappa shape index (κ3) is 4.62. The molecule has 2 saturated carbocycles. The SMILES string of the molecule is Cc1ccc(NC(=O)COc2ccc(Br)cc2[C@H]2c3sc(=O)[nH]c3SC3C4CC(C5C(=O)N(C(C)C(=O)O)C(=O)C45)C32)cc1.